The van der Waals surface area contributed by atoms with Crippen LogP contribution >= 0.6 is 23.1 Å². The third kappa shape index (κ3) is 5.12. The summed E-state index contributed by atoms with van der Waals surface area (Å²) in [5.41, 5.74) is 0.217. The molecule has 0 amide bonds. The van der Waals surface area contributed by atoms with Crippen LogP contribution in [0.1, 0.15) is 0 Å². The van der Waals surface area contributed by atoms with E-state index in [1.165, 1.54) is 19.4 Å². The SMILES string of the molecule is COc1cc(F)c([N+](=O)[O-])cc1Nc1ncc(Br)c(Nc2ccc3ncc(F)cc3c2P(C)(C)=O)n1. The molecule has 0 bridgehead atoms. The maximum atomic E-state index is 14.0. The van der Waals surface area contributed by atoms with Crippen molar-refractivity contribution in [1.29, 1.82) is 0 Å². The molecule has 0 saturated heterocycles. The van der Waals surface area contributed by atoms with Gasteiger partial charge >= 0.3 is 5.69 Å². The monoisotopic (exact) mass is 578 g/mol. The Bertz CT molecular complexity index is 1570. The second kappa shape index (κ2) is 9.75. The molecular weight excluding hydrogens is 561 g/mol. The third-order valence-electron chi connectivity index (χ3n) is 5.05. The third-order valence-corrected chi connectivity index (χ3v) is 7.19. The van der Waals surface area contributed by atoms with Crippen molar-refractivity contribution in [2.24, 2.45) is 0 Å². The largest absolute Gasteiger partial charge is 0.494 e. The summed E-state index contributed by atoms with van der Waals surface area (Å²) in [6.45, 7) is 3.13. The Kier molecular flexibility index (Phi) is 6.87. The summed E-state index contributed by atoms with van der Waals surface area (Å²) in [6.07, 6.45) is 2.50. The topological polar surface area (TPSA) is 132 Å². The van der Waals surface area contributed by atoms with E-state index in [2.05, 4.69) is 41.5 Å². The molecule has 0 unspecified atom stereocenters. The van der Waals surface area contributed by atoms with Gasteiger partial charge in [-0.05, 0) is 47.5 Å². The average Bonchev–Trinajstić information content (AvgIpc) is 2.80. The number of anilines is 4. The fourth-order valence-electron chi connectivity index (χ4n) is 3.55. The summed E-state index contributed by atoms with van der Waals surface area (Å²) in [7, 11) is -1.64. The smallest absolute Gasteiger partial charge is 0.307 e. The van der Waals surface area contributed by atoms with E-state index in [1.807, 2.05) is 0 Å². The Morgan fingerprint density at radius 3 is 2.50 bits per heavy atom. The van der Waals surface area contributed by atoms with Gasteiger partial charge in [0.15, 0.2) is 0 Å². The summed E-state index contributed by atoms with van der Waals surface area (Å²) in [6, 6.07) is 6.45. The van der Waals surface area contributed by atoms with Crippen molar-refractivity contribution in [3.63, 3.8) is 0 Å². The Morgan fingerprint density at radius 2 is 1.83 bits per heavy atom. The molecule has 14 heteroatoms. The number of halogens is 3. The second-order valence-corrected chi connectivity index (χ2v) is 11.9. The summed E-state index contributed by atoms with van der Waals surface area (Å²) >= 11 is 3.36. The Hall–Kier alpha value is -3.70. The zero-order valence-corrected chi connectivity index (χ0v) is 21.5. The standard InChI is InChI=1S/C22H18BrF2N6O4P/c1-35-19-7-14(25)18(31(32)33)8-17(19)29-22-27-10-13(23)21(30-22)28-16-5-4-15-12(6-11(24)9-26-15)20(16)36(2,3)34/h4-10H,1-3H3,(H2,27,28,29,30). The van der Waals surface area contributed by atoms with Gasteiger partial charge in [0.1, 0.15) is 24.5 Å². The molecule has 4 aromatic rings. The van der Waals surface area contributed by atoms with Gasteiger partial charge in [0.2, 0.25) is 11.8 Å². The van der Waals surface area contributed by atoms with Crippen LogP contribution in [-0.2, 0) is 4.57 Å². The van der Waals surface area contributed by atoms with Crippen LogP contribution in [0.4, 0.5) is 37.6 Å². The number of nitrogens with one attached hydrogen (secondary N) is 2. The minimum Gasteiger partial charge on any atom is -0.494 e. The maximum absolute atomic E-state index is 14.0. The van der Waals surface area contributed by atoms with Gasteiger partial charge < -0.3 is 19.9 Å². The van der Waals surface area contributed by atoms with Crippen LogP contribution in [0.15, 0.2) is 47.2 Å². The van der Waals surface area contributed by atoms with Crippen molar-refractivity contribution in [3.8, 4) is 5.75 Å². The number of rotatable bonds is 7. The van der Waals surface area contributed by atoms with Crippen LogP contribution in [0.5, 0.6) is 5.75 Å². The zero-order chi connectivity index (χ0) is 26.2. The molecule has 10 nitrogen and oxygen atoms in total. The lowest BCUT2D eigenvalue weighted by molar-refractivity contribution is -0.387. The highest BCUT2D eigenvalue weighted by atomic mass is 79.9. The number of nitro groups is 1. The average molecular weight is 579 g/mol. The highest BCUT2D eigenvalue weighted by Gasteiger charge is 2.23. The highest BCUT2D eigenvalue weighted by molar-refractivity contribution is 9.10. The quantitative estimate of drug-likeness (QED) is 0.160. The number of fused-ring (bicyclic) bond motifs is 1. The first kappa shape index (κ1) is 25.4. The number of hydrogen-bond acceptors (Lipinski definition) is 9. The number of aromatic nitrogens is 3. The molecule has 2 heterocycles. The van der Waals surface area contributed by atoms with E-state index in [0.29, 0.717) is 26.4 Å². The van der Waals surface area contributed by atoms with Crippen LogP contribution in [-0.4, -0.2) is 40.3 Å². The van der Waals surface area contributed by atoms with Crippen LogP contribution < -0.4 is 20.7 Å². The van der Waals surface area contributed by atoms with E-state index in [0.717, 1.165) is 18.3 Å². The van der Waals surface area contributed by atoms with Crippen molar-refractivity contribution >= 4 is 68.1 Å². The molecule has 0 atom stereocenters. The van der Waals surface area contributed by atoms with E-state index in [4.69, 9.17) is 4.74 Å². The molecule has 0 radical (unpaired) electrons. The summed E-state index contributed by atoms with van der Waals surface area (Å²) in [4.78, 5) is 22.9. The molecule has 2 aromatic carbocycles. The van der Waals surface area contributed by atoms with Crippen molar-refractivity contribution < 1.29 is 23.0 Å². The molecule has 2 aromatic heterocycles. The predicted molar refractivity (Wildman–Crippen MR) is 137 cm³/mol. The van der Waals surface area contributed by atoms with E-state index < -0.39 is 29.4 Å². The predicted octanol–water partition coefficient (Wildman–Crippen LogP) is 5.72. The van der Waals surface area contributed by atoms with Crippen LogP contribution in [0, 0.1) is 21.7 Å². The van der Waals surface area contributed by atoms with Gasteiger partial charge in [-0.1, -0.05) is 0 Å². The van der Waals surface area contributed by atoms with Gasteiger partial charge in [-0.25, -0.2) is 9.37 Å². The number of pyridine rings is 1. The van der Waals surface area contributed by atoms with Gasteiger partial charge in [0.05, 0.1) is 39.6 Å². The minimum absolute atomic E-state index is 0.00312. The van der Waals surface area contributed by atoms with Crippen LogP contribution in [0.3, 0.4) is 0 Å². The van der Waals surface area contributed by atoms with Crippen molar-refractivity contribution in [2.75, 3.05) is 31.1 Å². The fourth-order valence-corrected chi connectivity index (χ4v) is 5.31. The van der Waals surface area contributed by atoms with Gasteiger partial charge in [-0.3, -0.25) is 15.1 Å². The second-order valence-electron chi connectivity index (χ2n) is 7.93. The molecule has 0 saturated carbocycles. The lowest BCUT2D eigenvalue weighted by Crippen LogP contribution is -2.13. The Balaban J connectivity index is 1.76. The summed E-state index contributed by atoms with van der Waals surface area (Å²) in [5.74, 6) is -1.36. The first-order valence-corrected chi connectivity index (χ1v) is 13.6. The molecule has 186 valence electrons. The summed E-state index contributed by atoms with van der Waals surface area (Å²) < 4.78 is 46.7. The first-order valence-electron chi connectivity index (χ1n) is 10.2. The molecule has 0 aliphatic carbocycles. The fraction of sp³-hybridized carbons (Fsp3) is 0.136. The number of ether oxygens (including phenoxy) is 1. The lowest BCUT2D eigenvalue weighted by atomic mass is 10.2. The van der Waals surface area contributed by atoms with Crippen molar-refractivity contribution in [1.82, 2.24) is 15.0 Å². The molecule has 2 N–H and O–H groups in total. The molecule has 0 fully saturated rings. The van der Waals surface area contributed by atoms with E-state index >= 15 is 0 Å². The van der Waals surface area contributed by atoms with Gasteiger partial charge in [0, 0.05) is 29.0 Å². The zero-order valence-electron chi connectivity index (χ0n) is 19.0. The molecule has 0 spiro atoms. The van der Waals surface area contributed by atoms with Crippen LogP contribution in [0.2, 0.25) is 0 Å². The van der Waals surface area contributed by atoms with Gasteiger partial charge in [0.25, 0.3) is 0 Å². The normalized spacial score (nSPS) is 11.4. The molecular formula is C22H18BrF2N6O4P. The minimum atomic E-state index is -2.93. The number of hydrogen-bond donors (Lipinski definition) is 2. The summed E-state index contributed by atoms with van der Waals surface area (Å²) in [5, 5.41) is 17.8. The Labute approximate surface area is 211 Å². The van der Waals surface area contributed by atoms with E-state index in [9.17, 15) is 23.5 Å². The molecule has 0 aliphatic heterocycles. The number of methoxy groups -OCH3 is 1. The lowest BCUT2D eigenvalue weighted by Gasteiger charge is -2.18. The number of nitrogens with zero attached hydrogens (tertiary/aromatic N) is 4. The van der Waals surface area contributed by atoms with E-state index in [-0.39, 0.29) is 23.2 Å². The first-order chi connectivity index (χ1) is 17.0. The number of benzene rings is 2. The van der Waals surface area contributed by atoms with Crippen LogP contribution in [0.25, 0.3) is 10.9 Å². The van der Waals surface area contributed by atoms with Gasteiger partial charge in [-0.2, -0.15) is 9.37 Å². The maximum Gasteiger partial charge on any atom is 0.307 e. The van der Waals surface area contributed by atoms with Crippen molar-refractivity contribution in [2.45, 2.75) is 0 Å². The Morgan fingerprint density at radius 1 is 1.08 bits per heavy atom. The molecule has 4 rings (SSSR count). The van der Waals surface area contributed by atoms with Gasteiger partial charge in [-0.15, -0.1) is 0 Å². The molecule has 0 aliphatic rings. The van der Waals surface area contributed by atoms with Crippen molar-refractivity contribution in [3.05, 3.63) is 68.9 Å². The number of nitro benzene ring substituents is 1. The highest BCUT2D eigenvalue weighted by Crippen LogP contribution is 2.42. The van der Waals surface area contributed by atoms with E-state index in [1.54, 1.807) is 25.5 Å². The molecule has 36 heavy (non-hydrogen) atoms.